The second-order valence-electron chi connectivity index (χ2n) is 4.30. The second-order valence-corrected chi connectivity index (χ2v) is 5.85. The van der Waals surface area contributed by atoms with E-state index in [4.69, 9.17) is 21.1 Å². The average molecular weight is 301 g/mol. The largest absolute Gasteiger partial charge is 0.344 e. The Balaban J connectivity index is 1.71. The van der Waals surface area contributed by atoms with Crippen molar-refractivity contribution in [3.63, 3.8) is 0 Å². The Morgan fingerprint density at radius 2 is 2.26 bits per heavy atom. The van der Waals surface area contributed by atoms with Crippen molar-refractivity contribution in [3.8, 4) is 0 Å². The highest BCUT2D eigenvalue weighted by atomic mass is 35.5. The number of carbonyl (C=O) groups is 1. The summed E-state index contributed by atoms with van der Waals surface area (Å²) in [5, 5.41) is 1.41. The van der Waals surface area contributed by atoms with E-state index in [1.165, 1.54) is 11.3 Å². The highest BCUT2D eigenvalue weighted by Crippen LogP contribution is 2.28. The quantitative estimate of drug-likeness (QED) is 0.840. The van der Waals surface area contributed by atoms with E-state index in [0.29, 0.717) is 41.2 Å². The average Bonchev–Trinajstić information content (AvgIpc) is 3.08. The fourth-order valence-electron chi connectivity index (χ4n) is 2.03. The van der Waals surface area contributed by atoms with Gasteiger partial charge in [-0.1, -0.05) is 17.7 Å². The Labute approximate surface area is 119 Å². The molecule has 0 saturated carbocycles. The summed E-state index contributed by atoms with van der Waals surface area (Å²) in [5.74, 6) is -0.0343. The smallest absolute Gasteiger partial charge is 0.265 e. The summed E-state index contributed by atoms with van der Waals surface area (Å²) in [5.41, 5.74) is 0. The first-order valence-electron chi connectivity index (χ1n) is 6.07. The number of aromatic nitrogens is 1. The lowest BCUT2D eigenvalue weighted by molar-refractivity contribution is -0.0442. The van der Waals surface area contributed by atoms with Gasteiger partial charge in [-0.15, -0.1) is 11.3 Å². The molecule has 2 aliphatic rings. The van der Waals surface area contributed by atoms with Crippen LogP contribution in [-0.4, -0.2) is 42.1 Å². The molecule has 0 N–H and O–H groups in total. The highest BCUT2D eigenvalue weighted by molar-refractivity contribution is 7.13. The Hall–Kier alpha value is -0.950. The summed E-state index contributed by atoms with van der Waals surface area (Å²) in [4.78, 5) is 18.8. The number of nitrogens with zero attached hydrogens (tertiary/aromatic N) is 2. The third kappa shape index (κ3) is 2.81. The maximum atomic E-state index is 12.3. The van der Waals surface area contributed by atoms with E-state index in [1.807, 2.05) is 6.08 Å². The molecular formula is C12H13ClN2O3S. The lowest BCUT2D eigenvalue weighted by Gasteiger charge is -2.24. The van der Waals surface area contributed by atoms with Crippen LogP contribution in [0.2, 0.25) is 0 Å². The summed E-state index contributed by atoms with van der Waals surface area (Å²) in [6.45, 7) is 2.31. The van der Waals surface area contributed by atoms with Crippen LogP contribution >= 0.6 is 22.9 Å². The van der Waals surface area contributed by atoms with Gasteiger partial charge in [-0.2, -0.15) is 0 Å². The summed E-state index contributed by atoms with van der Waals surface area (Å²) in [7, 11) is 0. The standard InChI is InChI=1S/C12H13ClN2O3S/c13-8-2-1-3-15(7-8)11(16)9-6-14-10(19-9)12-17-4-5-18-12/h2,6,12H,1,3-5,7H2. The summed E-state index contributed by atoms with van der Waals surface area (Å²) in [6.07, 6.45) is 3.91. The van der Waals surface area contributed by atoms with Crippen LogP contribution in [0.1, 0.15) is 27.4 Å². The van der Waals surface area contributed by atoms with Gasteiger partial charge in [0.1, 0.15) is 9.88 Å². The van der Waals surface area contributed by atoms with Gasteiger partial charge < -0.3 is 14.4 Å². The molecule has 0 spiro atoms. The van der Waals surface area contributed by atoms with Gasteiger partial charge >= 0.3 is 0 Å². The van der Waals surface area contributed by atoms with E-state index < -0.39 is 6.29 Å². The maximum Gasteiger partial charge on any atom is 0.265 e. The van der Waals surface area contributed by atoms with Crippen LogP contribution in [0.5, 0.6) is 0 Å². The Morgan fingerprint density at radius 3 is 3.00 bits per heavy atom. The van der Waals surface area contributed by atoms with Gasteiger partial charge in [0.05, 0.1) is 26.0 Å². The number of hydrogen-bond acceptors (Lipinski definition) is 5. The van der Waals surface area contributed by atoms with E-state index in [0.717, 1.165) is 6.42 Å². The molecule has 1 saturated heterocycles. The van der Waals surface area contributed by atoms with Crippen LogP contribution < -0.4 is 0 Å². The molecule has 0 aliphatic carbocycles. The molecule has 0 aromatic carbocycles. The van der Waals surface area contributed by atoms with Crippen LogP contribution in [0, 0.1) is 0 Å². The van der Waals surface area contributed by atoms with Crippen molar-refractivity contribution in [2.75, 3.05) is 26.3 Å². The first-order valence-corrected chi connectivity index (χ1v) is 7.26. The van der Waals surface area contributed by atoms with Crippen LogP contribution in [0.15, 0.2) is 17.3 Å². The molecule has 0 bridgehead atoms. The Morgan fingerprint density at radius 1 is 1.47 bits per heavy atom. The van der Waals surface area contributed by atoms with Gasteiger partial charge in [0.25, 0.3) is 5.91 Å². The number of ether oxygens (including phenoxy) is 2. The van der Waals surface area contributed by atoms with E-state index in [2.05, 4.69) is 4.98 Å². The van der Waals surface area contributed by atoms with Crippen molar-refractivity contribution in [1.82, 2.24) is 9.88 Å². The fraction of sp³-hybridized carbons (Fsp3) is 0.500. The molecule has 1 fully saturated rings. The zero-order valence-corrected chi connectivity index (χ0v) is 11.7. The van der Waals surface area contributed by atoms with Gasteiger partial charge in [0.2, 0.25) is 6.29 Å². The number of hydrogen-bond donors (Lipinski definition) is 0. The Bertz CT molecular complexity index is 511. The minimum absolute atomic E-state index is 0.0343. The topological polar surface area (TPSA) is 51.7 Å². The number of thiazole rings is 1. The summed E-state index contributed by atoms with van der Waals surface area (Å²) < 4.78 is 10.7. The molecule has 0 atom stereocenters. The summed E-state index contributed by atoms with van der Waals surface area (Å²) in [6, 6.07) is 0. The molecule has 0 radical (unpaired) electrons. The monoisotopic (exact) mass is 300 g/mol. The normalized spacial score (nSPS) is 20.7. The van der Waals surface area contributed by atoms with Crippen molar-refractivity contribution < 1.29 is 14.3 Å². The zero-order valence-electron chi connectivity index (χ0n) is 10.2. The van der Waals surface area contributed by atoms with Gasteiger partial charge in [0.15, 0.2) is 0 Å². The molecule has 1 aromatic rings. The molecule has 5 nitrogen and oxygen atoms in total. The number of rotatable bonds is 2. The van der Waals surface area contributed by atoms with Crippen molar-refractivity contribution >= 4 is 28.8 Å². The minimum Gasteiger partial charge on any atom is -0.344 e. The highest BCUT2D eigenvalue weighted by Gasteiger charge is 2.25. The second kappa shape index (κ2) is 5.58. The fourth-order valence-corrected chi connectivity index (χ4v) is 3.17. The van der Waals surface area contributed by atoms with Crippen LogP contribution in [0.3, 0.4) is 0 Å². The predicted octanol–water partition coefficient (Wildman–Crippen LogP) is 2.16. The molecular weight excluding hydrogens is 288 g/mol. The van der Waals surface area contributed by atoms with Gasteiger partial charge in [-0.25, -0.2) is 4.98 Å². The van der Waals surface area contributed by atoms with Crippen molar-refractivity contribution in [3.05, 3.63) is 27.2 Å². The third-order valence-electron chi connectivity index (χ3n) is 2.95. The van der Waals surface area contributed by atoms with Gasteiger partial charge in [-0.3, -0.25) is 4.79 Å². The molecule has 102 valence electrons. The minimum atomic E-state index is -0.420. The van der Waals surface area contributed by atoms with Crippen molar-refractivity contribution in [2.24, 2.45) is 0 Å². The predicted molar refractivity (Wildman–Crippen MR) is 71.2 cm³/mol. The molecule has 3 heterocycles. The van der Waals surface area contributed by atoms with E-state index in [1.54, 1.807) is 11.1 Å². The number of halogens is 1. The Kier molecular flexibility index (Phi) is 3.83. The van der Waals surface area contributed by atoms with Crippen molar-refractivity contribution in [2.45, 2.75) is 12.7 Å². The summed E-state index contributed by atoms with van der Waals surface area (Å²) >= 11 is 7.28. The first-order chi connectivity index (χ1) is 9.24. The third-order valence-corrected chi connectivity index (χ3v) is 4.23. The number of carbonyl (C=O) groups excluding carboxylic acids is 1. The van der Waals surface area contributed by atoms with Crippen LogP contribution in [0.25, 0.3) is 0 Å². The number of amides is 1. The lowest BCUT2D eigenvalue weighted by atomic mass is 10.2. The molecule has 19 heavy (non-hydrogen) atoms. The van der Waals surface area contributed by atoms with E-state index in [9.17, 15) is 4.79 Å². The molecule has 3 rings (SSSR count). The van der Waals surface area contributed by atoms with Gasteiger partial charge in [0, 0.05) is 11.6 Å². The first kappa shape index (κ1) is 13.1. The van der Waals surface area contributed by atoms with Crippen molar-refractivity contribution in [1.29, 1.82) is 0 Å². The van der Waals surface area contributed by atoms with Gasteiger partial charge in [-0.05, 0) is 6.42 Å². The van der Waals surface area contributed by atoms with Crippen LogP contribution in [-0.2, 0) is 9.47 Å². The van der Waals surface area contributed by atoms with E-state index >= 15 is 0 Å². The molecule has 7 heteroatoms. The van der Waals surface area contributed by atoms with E-state index in [-0.39, 0.29) is 5.91 Å². The van der Waals surface area contributed by atoms with Crippen LogP contribution in [0.4, 0.5) is 0 Å². The molecule has 2 aliphatic heterocycles. The molecule has 1 aromatic heterocycles. The lowest BCUT2D eigenvalue weighted by Crippen LogP contribution is -2.34. The maximum absolute atomic E-state index is 12.3. The molecule has 1 amide bonds. The molecule has 0 unspecified atom stereocenters. The SMILES string of the molecule is O=C(c1cnc(C2OCCO2)s1)N1CCC=C(Cl)C1. The zero-order chi connectivity index (χ0) is 13.2.